The van der Waals surface area contributed by atoms with Crippen molar-refractivity contribution in [2.75, 3.05) is 19.6 Å². The normalized spacial score (nSPS) is 15.5. The summed E-state index contributed by atoms with van der Waals surface area (Å²) in [5, 5.41) is 12.2. The molecule has 1 aromatic carbocycles. The van der Waals surface area contributed by atoms with Crippen LogP contribution in [0.2, 0.25) is 0 Å². The maximum Gasteiger partial charge on any atom is 0.311 e. The van der Waals surface area contributed by atoms with Gasteiger partial charge in [0.1, 0.15) is 5.69 Å². The highest BCUT2D eigenvalue weighted by Crippen LogP contribution is 2.29. The molecule has 0 saturated carbocycles. The van der Waals surface area contributed by atoms with Crippen molar-refractivity contribution in [3.05, 3.63) is 65.1 Å². The van der Waals surface area contributed by atoms with Gasteiger partial charge in [-0.2, -0.15) is 5.10 Å². The zero-order valence-electron chi connectivity index (χ0n) is 22.4. The van der Waals surface area contributed by atoms with Crippen molar-refractivity contribution in [1.82, 2.24) is 34.6 Å². The molecule has 4 heterocycles. The fourth-order valence-electron chi connectivity index (χ4n) is 4.83. The van der Waals surface area contributed by atoms with Crippen LogP contribution in [-0.2, 0) is 0 Å². The van der Waals surface area contributed by atoms with Gasteiger partial charge in [-0.25, -0.2) is 18.3 Å². The highest BCUT2D eigenvalue weighted by molar-refractivity contribution is 5.94. The molecule has 0 aliphatic carbocycles. The molecule has 1 saturated heterocycles. The van der Waals surface area contributed by atoms with Gasteiger partial charge in [-0.15, -0.1) is 10.2 Å². The second kappa shape index (κ2) is 9.83. The summed E-state index contributed by atoms with van der Waals surface area (Å²) in [5.41, 5.74) is 2.18. The van der Waals surface area contributed by atoms with Crippen LogP contribution in [0.25, 0.3) is 16.9 Å². The lowest BCUT2D eigenvalue weighted by molar-refractivity contribution is 0.0150. The van der Waals surface area contributed by atoms with Crippen LogP contribution in [0.5, 0.6) is 0 Å². The second-order valence-corrected chi connectivity index (χ2v) is 10.6. The molecule has 0 unspecified atom stereocenters. The second-order valence-electron chi connectivity index (χ2n) is 10.6. The minimum absolute atomic E-state index is 0.0592. The van der Waals surface area contributed by atoms with E-state index in [1.54, 1.807) is 39.6 Å². The molecule has 0 spiro atoms. The van der Waals surface area contributed by atoms with Gasteiger partial charge in [0.05, 0.1) is 17.4 Å². The number of imidazole rings is 1. The Bertz CT molecular complexity index is 1540. The molecule has 4 aromatic rings. The highest BCUT2D eigenvalue weighted by Gasteiger charge is 2.40. The fraction of sp³-hybridized carbons (Fsp3) is 0.407. The lowest BCUT2D eigenvalue weighted by atomic mass is 9.98. The van der Waals surface area contributed by atoms with Crippen molar-refractivity contribution in [2.24, 2.45) is 0 Å². The quantitative estimate of drug-likeness (QED) is 0.368. The number of nitrogens with zero attached hydrogens (tertiary/aromatic N) is 7. The third-order valence-corrected chi connectivity index (χ3v) is 6.90. The third kappa shape index (κ3) is 4.98. The summed E-state index contributed by atoms with van der Waals surface area (Å²) in [7, 11) is 0. The molecule has 0 bridgehead atoms. The van der Waals surface area contributed by atoms with Gasteiger partial charge < -0.3 is 14.2 Å². The smallest absolute Gasteiger partial charge is 0.311 e. The topological polar surface area (TPSA) is 110 Å². The number of amides is 2. The number of benzene rings is 1. The summed E-state index contributed by atoms with van der Waals surface area (Å²) in [5.74, 6) is -0.345. The average Bonchev–Trinajstić information content (AvgIpc) is 3.53. The maximum atomic E-state index is 13.7. The molecule has 1 aliphatic rings. The van der Waals surface area contributed by atoms with Crippen molar-refractivity contribution in [3.8, 4) is 11.3 Å². The van der Waals surface area contributed by atoms with Crippen molar-refractivity contribution in [1.29, 1.82) is 0 Å². The number of aromatic nitrogens is 5. The number of carbonyl (C=O) groups excluding carboxylic acids is 2. The summed E-state index contributed by atoms with van der Waals surface area (Å²) in [6, 6.07) is 7.88. The van der Waals surface area contributed by atoms with Crippen LogP contribution >= 0.6 is 0 Å². The Hall–Kier alpha value is -4.22. The molecular formula is C27H29F2N7O3. The number of rotatable bonds is 5. The Morgan fingerprint density at radius 2 is 1.77 bits per heavy atom. The number of fused-ring (bicyclic) bond motifs is 1. The van der Waals surface area contributed by atoms with Gasteiger partial charge >= 0.3 is 11.8 Å². The zero-order chi connectivity index (χ0) is 28.1. The van der Waals surface area contributed by atoms with E-state index in [0.717, 1.165) is 5.56 Å². The number of aryl methyl sites for hydroxylation is 1. The van der Waals surface area contributed by atoms with E-state index in [4.69, 9.17) is 4.42 Å². The number of piperazine rings is 1. The number of hydrogen-bond acceptors (Lipinski definition) is 7. The Balaban J connectivity index is 1.43. The summed E-state index contributed by atoms with van der Waals surface area (Å²) in [6.45, 7) is 10.3. The van der Waals surface area contributed by atoms with Crippen LogP contribution in [-0.4, -0.2) is 71.6 Å². The minimum Gasteiger partial charge on any atom is -0.417 e. The maximum absolute atomic E-state index is 13.7. The van der Waals surface area contributed by atoms with E-state index in [0.29, 0.717) is 35.9 Å². The van der Waals surface area contributed by atoms with Crippen LogP contribution in [0.3, 0.4) is 0 Å². The Morgan fingerprint density at radius 3 is 2.36 bits per heavy atom. The molecule has 0 radical (unpaired) electrons. The number of halogens is 2. The molecule has 10 nitrogen and oxygen atoms in total. The van der Waals surface area contributed by atoms with E-state index >= 15 is 0 Å². The lowest BCUT2D eigenvalue weighted by Crippen LogP contribution is -2.62. The molecule has 1 aliphatic heterocycles. The van der Waals surface area contributed by atoms with E-state index in [2.05, 4.69) is 20.3 Å². The largest absolute Gasteiger partial charge is 0.417 e. The van der Waals surface area contributed by atoms with Gasteiger partial charge in [0.25, 0.3) is 12.3 Å². The third-order valence-electron chi connectivity index (χ3n) is 6.90. The van der Waals surface area contributed by atoms with Gasteiger partial charge in [-0.05, 0) is 25.8 Å². The molecule has 12 heteroatoms. The average molecular weight is 538 g/mol. The van der Waals surface area contributed by atoms with Gasteiger partial charge in [-0.1, -0.05) is 38.1 Å². The fourth-order valence-corrected chi connectivity index (χ4v) is 4.83. The first-order valence-corrected chi connectivity index (χ1v) is 12.6. The first-order valence-electron chi connectivity index (χ1n) is 12.6. The standard InChI is InChI=1S/C27H29F2N7O3/c1-15(2)19-12-20(17-6-8-18(9-7-17)22(28)29)33-36-13-21(30-23(19)36)25(37)35-11-10-34(14-27(35,4)5)26(38)24-32-31-16(3)39-24/h6-9,12-13,15,22H,10-11,14H2,1-5H3. The van der Waals surface area contributed by atoms with Crippen LogP contribution in [0, 0.1) is 6.92 Å². The van der Waals surface area contributed by atoms with Crippen molar-refractivity contribution in [2.45, 2.75) is 52.5 Å². The van der Waals surface area contributed by atoms with Gasteiger partial charge in [0, 0.05) is 43.2 Å². The van der Waals surface area contributed by atoms with E-state index in [1.165, 1.54) is 12.1 Å². The number of hydrogen-bond donors (Lipinski definition) is 0. The van der Waals surface area contributed by atoms with Gasteiger partial charge in [-0.3, -0.25) is 9.59 Å². The van der Waals surface area contributed by atoms with E-state index in [9.17, 15) is 18.4 Å². The van der Waals surface area contributed by atoms with Crippen molar-refractivity contribution in [3.63, 3.8) is 0 Å². The SMILES string of the molecule is Cc1nnc(C(=O)N2CCN(C(=O)c3cn4nc(-c5ccc(C(F)F)cc5)cc(C(C)C)c4n3)C(C)(C)C2)o1. The lowest BCUT2D eigenvalue weighted by Gasteiger charge is -2.46. The zero-order valence-corrected chi connectivity index (χ0v) is 22.4. The number of carbonyl (C=O) groups is 2. The van der Waals surface area contributed by atoms with Crippen LogP contribution in [0.15, 0.2) is 40.9 Å². The Labute approximate surface area is 223 Å². The molecular weight excluding hydrogens is 508 g/mol. The molecule has 5 rings (SSSR count). The summed E-state index contributed by atoms with van der Waals surface area (Å²) in [4.78, 5) is 34.5. The van der Waals surface area contributed by atoms with Crippen LogP contribution in [0.4, 0.5) is 8.78 Å². The minimum atomic E-state index is -2.55. The van der Waals surface area contributed by atoms with E-state index in [1.807, 2.05) is 33.8 Å². The van der Waals surface area contributed by atoms with Crippen molar-refractivity contribution >= 4 is 17.5 Å². The first-order chi connectivity index (χ1) is 18.4. The Kier molecular flexibility index (Phi) is 6.65. The first kappa shape index (κ1) is 26.4. The predicted octanol–water partition coefficient (Wildman–Crippen LogP) is 4.53. The Morgan fingerprint density at radius 1 is 1.05 bits per heavy atom. The molecule has 3 aromatic heterocycles. The predicted molar refractivity (Wildman–Crippen MR) is 138 cm³/mol. The van der Waals surface area contributed by atoms with E-state index < -0.39 is 12.0 Å². The molecule has 2 amide bonds. The summed E-state index contributed by atoms with van der Waals surface area (Å²) < 4.78 is 32.9. The van der Waals surface area contributed by atoms with Crippen LogP contribution < -0.4 is 0 Å². The van der Waals surface area contributed by atoms with E-state index in [-0.39, 0.29) is 41.4 Å². The van der Waals surface area contributed by atoms with Crippen LogP contribution in [0.1, 0.15) is 78.2 Å². The monoisotopic (exact) mass is 537 g/mol. The molecule has 0 atom stereocenters. The summed E-state index contributed by atoms with van der Waals surface area (Å²) in [6.07, 6.45) is -0.953. The number of alkyl halides is 2. The van der Waals surface area contributed by atoms with Gasteiger partial charge in [0.15, 0.2) is 5.65 Å². The summed E-state index contributed by atoms with van der Waals surface area (Å²) >= 11 is 0. The highest BCUT2D eigenvalue weighted by atomic mass is 19.3. The van der Waals surface area contributed by atoms with Crippen molar-refractivity contribution < 1.29 is 22.8 Å². The molecule has 204 valence electrons. The molecule has 39 heavy (non-hydrogen) atoms. The molecule has 0 N–H and O–H groups in total. The van der Waals surface area contributed by atoms with Gasteiger partial charge in [0.2, 0.25) is 5.89 Å². The molecule has 1 fully saturated rings.